The van der Waals surface area contributed by atoms with E-state index in [-0.39, 0.29) is 22.8 Å². The second-order valence-corrected chi connectivity index (χ2v) is 9.97. The Kier molecular flexibility index (Phi) is 6.33. The maximum Gasteiger partial charge on any atom is 0.362 e. The van der Waals surface area contributed by atoms with Gasteiger partial charge in [0.1, 0.15) is 12.4 Å². The summed E-state index contributed by atoms with van der Waals surface area (Å²) in [4.78, 5) is 31.9. The fourth-order valence-corrected chi connectivity index (χ4v) is 5.42. The van der Waals surface area contributed by atoms with Crippen LogP contribution in [0, 0.1) is 17.8 Å². The van der Waals surface area contributed by atoms with Gasteiger partial charge in [0.15, 0.2) is 11.4 Å². The number of H-pyrrole nitrogens is 1. The highest BCUT2D eigenvalue weighted by Gasteiger charge is 2.27. The van der Waals surface area contributed by atoms with Crippen LogP contribution in [0.5, 0.6) is 0 Å². The number of hydrogen-bond acceptors (Lipinski definition) is 4. The van der Waals surface area contributed by atoms with E-state index in [1.54, 1.807) is 27.5 Å². The van der Waals surface area contributed by atoms with Crippen LogP contribution in [0.3, 0.4) is 0 Å². The quantitative estimate of drug-likeness (QED) is 0.247. The van der Waals surface area contributed by atoms with Crippen molar-refractivity contribution in [1.29, 1.82) is 0 Å². The number of rotatable bonds is 4. The lowest BCUT2D eigenvalue weighted by atomic mass is 10.0. The van der Waals surface area contributed by atoms with Gasteiger partial charge in [0, 0.05) is 28.9 Å². The smallest absolute Gasteiger partial charge is 0.362 e. The summed E-state index contributed by atoms with van der Waals surface area (Å²) < 4.78 is 3.26. The number of nitrogens with one attached hydrogen (secondary N) is 2. The molecule has 0 aliphatic heterocycles. The van der Waals surface area contributed by atoms with Crippen LogP contribution in [-0.4, -0.2) is 20.6 Å². The van der Waals surface area contributed by atoms with E-state index in [0.717, 1.165) is 23.8 Å². The van der Waals surface area contributed by atoms with E-state index < -0.39 is 6.04 Å². The molecule has 0 radical (unpaired) electrons. The Labute approximate surface area is 225 Å². The number of pyridine rings is 1. The molecule has 0 spiro atoms. The molecule has 1 aliphatic carbocycles. The van der Waals surface area contributed by atoms with Gasteiger partial charge in [-0.25, -0.2) is 5.10 Å². The summed E-state index contributed by atoms with van der Waals surface area (Å²) >= 11 is 0. The summed E-state index contributed by atoms with van der Waals surface area (Å²) in [7, 11) is 0. The number of nitrogen functional groups attached to an aromatic ring is 1. The minimum absolute atomic E-state index is 0.171. The molecule has 194 valence electrons. The van der Waals surface area contributed by atoms with Gasteiger partial charge in [-0.2, -0.15) is 0 Å². The number of aromatic nitrogens is 4. The Morgan fingerprint density at radius 1 is 1.15 bits per heavy atom. The third kappa shape index (κ3) is 4.53. The van der Waals surface area contributed by atoms with Gasteiger partial charge in [0.05, 0.1) is 11.4 Å². The average Bonchev–Trinajstić information content (AvgIpc) is 3.59. The van der Waals surface area contributed by atoms with Crippen LogP contribution in [0.1, 0.15) is 60.3 Å². The zero-order valence-electron chi connectivity index (χ0n) is 21.6. The standard InChI is InChI=1S/C31H28N6O2/c1-20(34-30(38)27-28(32)35-36-18-8-17-33-29(27)36)25-19-23-12-7-11-22(16-15-21-9-5-6-10-21)26(23)31(39)37(25)24-13-3-2-4-14-24/h2-4,7-8,11-14,17-21H,5-6,9-10H2,1H3,(H3,32,34,35,38)/p+1. The third-order valence-electron chi connectivity index (χ3n) is 7.35. The summed E-state index contributed by atoms with van der Waals surface area (Å²) in [5.41, 5.74) is 8.72. The maximum atomic E-state index is 14.2. The van der Waals surface area contributed by atoms with Crippen molar-refractivity contribution >= 4 is 28.1 Å². The summed E-state index contributed by atoms with van der Waals surface area (Å²) in [5, 5.41) is 7.33. The van der Waals surface area contributed by atoms with Crippen LogP contribution in [0.15, 0.2) is 77.9 Å². The van der Waals surface area contributed by atoms with Crippen molar-refractivity contribution < 1.29 is 9.31 Å². The molecule has 3 aromatic heterocycles. The number of carbonyl (C=O) groups excluding carboxylic acids is 1. The van der Waals surface area contributed by atoms with E-state index in [1.165, 1.54) is 12.8 Å². The number of nitrogens with two attached hydrogens (primary N) is 1. The van der Waals surface area contributed by atoms with Gasteiger partial charge in [0.25, 0.3) is 11.5 Å². The molecule has 8 nitrogen and oxygen atoms in total. The van der Waals surface area contributed by atoms with Crippen molar-refractivity contribution in [3.05, 3.63) is 100 Å². The summed E-state index contributed by atoms with van der Waals surface area (Å²) in [6.45, 7) is 1.85. The number of anilines is 1. The molecule has 1 amide bonds. The molecule has 1 saturated carbocycles. The summed E-state index contributed by atoms with van der Waals surface area (Å²) in [6.07, 6.45) is 7.99. The summed E-state index contributed by atoms with van der Waals surface area (Å²) in [5.74, 6) is 6.92. The van der Waals surface area contributed by atoms with E-state index >= 15 is 0 Å². The molecule has 5 aromatic rings. The predicted octanol–water partition coefficient (Wildman–Crippen LogP) is 4.07. The van der Waals surface area contributed by atoms with Crippen LogP contribution >= 0.6 is 0 Å². The van der Waals surface area contributed by atoms with Crippen molar-refractivity contribution in [3.8, 4) is 17.5 Å². The zero-order valence-corrected chi connectivity index (χ0v) is 21.6. The molecule has 6 rings (SSSR count). The van der Waals surface area contributed by atoms with Gasteiger partial charge < -0.3 is 11.1 Å². The minimum Gasteiger partial charge on any atom is -0.382 e. The first-order valence-corrected chi connectivity index (χ1v) is 13.2. The number of nitrogens with zero attached hydrogens (tertiary/aromatic N) is 3. The number of carbonyl (C=O) groups is 1. The largest absolute Gasteiger partial charge is 0.382 e. The molecule has 2 aromatic carbocycles. The molecule has 8 heteroatoms. The van der Waals surface area contributed by atoms with Crippen LogP contribution in [0.25, 0.3) is 22.1 Å². The number of benzene rings is 2. The first kappa shape index (κ1) is 24.4. The molecule has 0 bridgehead atoms. The summed E-state index contributed by atoms with van der Waals surface area (Å²) in [6, 6.07) is 18.4. The molecule has 1 fully saturated rings. The molecule has 1 atom stereocenters. The van der Waals surface area contributed by atoms with Crippen LogP contribution < -0.4 is 21.1 Å². The van der Waals surface area contributed by atoms with Gasteiger partial charge in [0.2, 0.25) is 0 Å². The molecular formula is C31H29N6O2+. The lowest BCUT2D eigenvalue weighted by Crippen LogP contribution is -2.33. The Bertz CT molecular complexity index is 1820. The van der Waals surface area contributed by atoms with Gasteiger partial charge in [-0.05, 0) is 54.4 Å². The molecule has 0 saturated heterocycles. The monoisotopic (exact) mass is 517 g/mol. The average molecular weight is 518 g/mol. The van der Waals surface area contributed by atoms with Gasteiger partial charge >= 0.3 is 5.65 Å². The predicted molar refractivity (Wildman–Crippen MR) is 150 cm³/mol. The zero-order chi connectivity index (χ0) is 26.9. The fourth-order valence-electron chi connectivity index (χ4n) is 5.42. The number of aromatic amines is 1. The molecule has 3 heterocycles. The first-order chi connectivity index (χ1) is 19.0. The van der Waals surface area contributed by atoms with Crippen LogP contribution in [-0.2, 0) is 0 Å². The SMILES string of the molecule is CC(NC(=O)c1c(N)[nH][n+]2cccnc12)c1cc2cccc(C#CC3CCCC3)c2c(=O)n1-c1ccccc1. The van der Waals surface area contributed by atoms with Crippen molar-refractivity contribution in [2.24, 2.45) is 5.92 Å². The van der Waals surface area contributed by atoms with E-state index in [9.17, 15) is 9.59 Å². The van der Waals surface area contributed by atoms with Gasteiger partial charge in [-0.3, -0.25) is 14.2 Å². The number of amides is 1. The topological polar surface area (TPSA) is 110 Å². The second kappa shape index (κ2) is 10.1. The molecule has 39 heavy (non-hydrogen) atoms. The normalized spacial score (nSPS) is 14.3. The highest BCUT2D eigenvalue weighted by Crippen LogP contribution is 2.26. The first-order valence-electron chi connectivity index (χ1n) is 13.2. The maximum absolute atomic E-state index is 14.2. The Hall–Kier alpha value is -4.90. The van der Waals surface area contributed by atoms with Crippen LogP contribution in [0.4, 0.5) is 5.82 Å². The van der Waals surface area contributed by atoms with Crippen molar-refractivity contribution in [2.75, 3.05) is 5.73 Å². The highest BCUT2D eigenvalue weighted by molar-refractivity contribution is 6.03. The Morgan fingerprint density at radius 2 is 1.95 bits per heavy atom. The number of hydrogen-bond donors (Lipinski definition) is 3. The van der Waals surface area contributed by atoms with E-state index in [1.807, 2.05) is 61.5 Å². The number of fused-ring (bicyclic) bond motifs is 2. The van der Waals surface area contributed by atoms with Crippen molar-refractivity contribution in [2.45, 2.75) is 38.6 Å². The lowest BCUT2D eigenvalue weighted by molar-refractivity contribution is -0.577. The molecule has 4 N–H and O–H groups in total. The van der Waals surface area contributed by atoms with E-state index in [2.05, 4.69) is 27.2 Å². The van der Waals surface area contributed by atoms with Crippen molar-refractivity contribution in [1.82, 2.24) is 20.0 Å². The third-order valence-corrected chi connectivity index (χ3v) is 7.35. The second-order valence-electron chi connectivity index (χ2n) is 9.97. The molecular weight excluding hydrogens is 488 g/mol. The van der Waals surface area contributed by atoms with E-state index in [0.29, 0.717) is 28.3 Å². The van der Waals surface area contributed by atoms with E-state index in [4.69, 9.17) is 5.73 Å². The highest BCUT2D eigenvalue weighted by atomic mass is 16.2. The molecule has 1 aliphatic rings. The van der Waals surface area contributed by atoms with Gasteiger partial charge in [-0.15, -0.1) is 4.52 Å². The lowest BCUT2D eigenvalue weighted by Gasteiger charge is -2.21. The Balaban J connectivity index is 1.46. The minimum atomic E-state index is -0.527. The van der Waals surface area contributed by atoms with Gasteiger partial charge in [-0.1, -0.05) is 55.0 Å². The Morgan fingerprint density at radius 3 is 2.74 bits per heavy atom. The van der Waals surface area contributed by atoms with Crippen molar-refractivity contribution in [3.63, 3.8) is 0 Å². The molecule has 1 unspecified atom stereocenters. The fraction of sp³-hybridized carbons (Fsp3) is 0.226. The van der Waals surface area contributed by atoms with Crippen LogP contribution in [0.2, 0.25) is 0 Å². The number of para-hydroxylation sites is 1.